The lowest BCUT2D eigenvalue weighted by Gasteiger charge is -2.26. The number of aromatic nitrogens is 2. The number of nitrogens with two attached hydrogens (primary N) is 1. The predicted molar refractivity (Wildman–Crippen MR) is 99.8 cm³/mol. The predicted octanol–water partition coefficient (Wildman–Crippen LogP) is 0.268. The van der Waals surface area contributed by atoms with Gasteiger partial charge in [0.1, 0.15) is 11.6 Å². The van der Waals surface area contributed by atoms with Crippen LogP contribution in [-0.2, 0) is 13.0 Å². The van der Waals surface area contributed by atoms with Crippen LogP contribution in [0.2, 0.25) is 0 Å². The van der Waals surface area contributed by atoms with Gasteiger partial charge in [-0.3, -0.25) is 14.3 Å². The van der Waals surface area contributed by atoms with Crippen molar-refractivity contribution in [3.8, 4) is 17.4 Å². The Labute approximate surface area is 156 Å². The highest BCUT2D eigenvalue weighted by Gasteiger charge is 2.33. The molecule has 0 bridgehead atoms. The van der Waals surface area contributed by atoms with Gasteiger partial charge in [0, 0.05) is 18.5 Å². The molecule has 0 saturated carbocycles. The van der Waals surface area contributed by atoms with E-state index >= 15 is 0 Å². The number of unbranched alkanes of at least 4 members (excludes halogenated alkanes) is 1. The SMILES string of the molecule is CCCCn1c(O)c([C@@H]2[NH2+]CCc3cc(OC)c(OC)cc32)c(=O)[nH]c1=O. The Morgan fingerprint density at radius 3 is 2.63 bits per heavy atom. The molecule has 0 aliphatic carbocycles. The zero-order valence-corrected chi connectivity index (χ0v) is 15.9. The number of rotatable bonds is 6. The molecule has 8 nitrogen and oxygen atoms in total. The smallest absolute Gasteiger partial charge is 0.331 e. The topological polar surface area (TPSA) is 110 Å². The minimum atomic E-state index is -0.585. The van der Waals surface area contributed by atoms with Crippen molar-refractivity contribution in [2.75, 3.05) is 20.8 Å². The van der Waals surface area contributed by atoms with Crippen LogP contribution in [-0.4, -0.2) is 35.4 Å². The normalized spacial score (nSPS) is 16.0. The largest absolute Gasteiger partial charge is 0.494 e. The summed E-state index contributed by atoms with van der Waals surface area (Å²) in [6.07, 6.45) is 2.41. The molecule has 1 aromatic heterocycles. The molecule has 4 N–H and O–H groups in total. The minimum Gasteiger partial charge on any atom is -0.494 e. The summed E-state index contributed by atoms with van der Waals surface area (Å²) in [7, 11) is 3.14. The first-order valence-corrected chi connectivity index (χ1v) is 9.15. The first kappa shape index (κ1) is 19.0. The summed E-state index contributed by atoms with van der Waals surface area (Å²) in [6.45, 7) is 3.11. The van der Waals surface area contributed by atoms with Crippen molar-refractivity contribution in [3.63, 3.8) is 0 Å². The summed E-state index contributed by atoms with van der Waals surface area (Å²) in [6, 6.07) is 3.33. The monoisotopic (exact) mass is 376 g/mol. The van der Waals surface area contributed by atoms with Crippen molar-refractivity contribution < 1.29 is 19.9 Å². The molecule has 8 heteroatoms. The van der Waals surface area contributed by atoms with Gasteiger partial charge < -0.3 is 19.9 Å². The van der Waals surface area contributed by atoms with E-state index in [1.165, 1.54) is 4.57 Å². The summed E-state index contributed by atoms with van der Waals surface area (Å²) in [4.78, 5) is 27.1. The molecule has 1 aliphatic heterocycles. The third kappa shape index (κ3) is 3.44. The molecule has 3 rings (SSSR count). The Morgan fingerprint density at radius 2 is 1.96 bits per heavy atom. The highest BCUT2D eigenvalue weighted by Crippen LogP contribution is 2.36. The Balaban J connectivity index is 2.17. The molecule has 27 heavy (non-hydrogen) atoms. The zero-order valence-electron chi connectivity index (χ0n) is 15.9. The van der Waals surface area contributed by atoms with Gasteiger partial charge in [-0.05, 0) is 24.1 Å². The molecule has 1 aliphatic rings. The van der Waals surface area contributed by atoms with Gasteiger partial charge in [0.15, 0.2) is 11.5 Å². The first-order valence-electron chi connectivity index (χ1n) is 9.15. The molecular formula is C19H26N3O5+. The van der Waals surface area contributed by atoms with E-state index in [1.54, 1.807) is 14.2 Å². The number of nitrogens with one attached hydrogen (secondary N) is 1. The number of hydrogen-bond acceptors (Lipinski definition) is 5. The number of quaternary nitrogens is 1. The van der Waals surface area contributed by atoms with Gasteiger partial charge in [-0.1, -0.05) is 13.3 Å². The van der Waals surface area contributed by atoms with Crippen molar-refractivity contribution in [3.05, 3.63) is 49.7 Å². The number of benzene rings is 1. The van der Waals surface area contributed by atoms with Crippen LogP contribution in [0.5, 0.6) is 17.4 Å². The fraction of sp³-hybridized carbons (Fsp3) is 0.474. The fourth-order valence-corrected chi connectivity index (χ4v) is 3.63. The third-order valence-corrected chi connectivity index (χ3v) is 5.05. The molecule has 2 heterocycles. The number of methoxy groups -OCH3 is 2. The average Bonchev–Trinajstić information content (AvgIpc) is 2.66. The van der Waals surface area contributed by atoms with Gasteiger partial charge >= 0.3 is 5.69 Å². The van der Waals surface area contributed by atoms with E-state index < -0.39 is 17.3 Å². The van der Waals surface area contributed by atoms with Gasteiger partial charge in [-0.15, -0.1) is 0 Å². The number of fused-ring (bicyclic) bond motifs is 1. The molecular weight excluding hydrogens is 350 g/mol. The van der Waals surface area contributed by atoms with E-state index in [4.69, 9.17) is 9.47 Å². The summed E-state index contributed by atoms with van der Waals surface area (Å²) in [5.74, 6) is 0.927. The molecule has 0 saturated heterocycles. The molecule has 146 valence electrons. The Morgan fingerprint density at radius 1 is 1.26 bits per heavy atom. The van der Waals surface area contributed by atoms with Crippen molar-refractivity contribution >= 4 is 0 Å². The maximum absolute atomic E-state index is 12.6. The molecule has 0 spiro atoms. The Kier molecular flexibility index (Phi) is 5.55. The second-order valence-corrected chi connectivity index (χ2v) is 6.66. The van der Waals surface area contributed by atoms with Crippen LogP contribution in [0.1, 0.15) is 42.5 Å². The molecule has 1 aromatic carbocycles. The second kappa shape index (κ2) is 7.87. The molecule has 0 radical (unpaired) electrons. The van der Waals surface area contributed by atoms with Crippen LogP contribution in [0.3, 0.4) is 0 Å². The Bertz CT molecular complexity index is 948. The lowest BCUT2D eigenvalue weighted by molar-refractivity contribution is -0.690. The number of hydrogen-bond donors (Lipinski definition) is 3. The van der Waals surface area contributed by atoms with Gasteiger partial charge in [-0.2, -0.15) is 0 Å². The minimum absolute atomic E-state index is 0.193. The van der Waals surface area contributed by atoms with Gasteiger partial charge in [0.2, 0.25) is 5.88 Å². The van der Waals surface area contributed by atoms with Crippen molar-refractivity contribution in [1.29, 1.82) is 0 Å². The molecule has 0 amide bonds. The fourth-order valence-electron chi connectivity index (χ4n) is 3.63. The van der Waals surface area contributed by atoms with Crippen LogP contribution in [0, 0.1) is 0 Å². The molecule has 2 aromatic rings. The van der Waals surface area contributed by atoms with Crippen molar-refractivity contribution in [2.45, 2.75) is 38.8 Å². The summed E-state index contributed by atoms with van der Waals surface area (Å²) >= 11 is 0. The zero-order chi connectivity index (χ0) is 19.6. The maximum Gasteiger partial charge on any atom is 0.331 e. The lowest BCUT2D eigenvalue weighted by Crippen LogP contribution is -2.87. The number of aromatic hydroxyl groups is 1. The van der Waals surface area contributed by atoms with Crippen LogP contribution in [0.25, 0.3) is 0 Å². The first-order chi connectivity index (χ1) is 13.0. The quantitative estimate of drug-likeness (QED) is 0.670. The van der Waals surface area contributed by atoms with Crippen molar-refractivity contribution in [1.82, 2.24) is 9.55 Å². The lowest BCUT2D eigenvalue weighted by atomic mass is 9.90. The summed E-state index contributed by atoms with van der Waals surface area (Å²) in [5.41, 5.74) is 0.955. The van der Waals surface area contributed by atoms with E-state index in [1.807, 2.05) is 24.4 Å². The number of H-pyrrole nitrogens is 1. The second-order valence-electron chi connectivity index (χ2n) is 6.66. The van der Waals surface area contributed by atoms with Crippen molar-refractivity contribution in [2.24, 2.45) is 0 Å². The summed E-state index contributed by atoms with van der Waals surface area (Å²) in [5, 5.41) is 12.7. The van der Waals surface area contributed by atoms with Gasteiger partial charge in [0.25, 0.3) is 5.56 Å². The van der Waals surface area contributed by atoms with Crippen LogP contribution in [0.4, 0.5) is 0 Å². The highest BCUT2D eigenvalue weighted by molar-refractivity contribution is 5.51. The number of aromatic amines is 1. The van der Waals surface area contributed by atoms with E-state index in [-0.39, 0.29) is 11.4 Å². The highest BCUT2D eigenvalue weighted by atomic mass is 16.5. The van der Waals surface area contributed by atoms with Crippen LogP contribution < -0.4 is 26.0 Å². The van der Waals surface area contributed by atoms with Crippen LogP contribution in [0.15, 0.2) is 21.7 Å². The van der Waals surface area contributed by atoms with E-state index in [2.05, 4.69) is 4.98 Å². The van der Waals surface area contributed by atoms with E-state index in [0.717, 1.165) is 36.9 Å². The molecule has 0 fully saturated rings. The summed E-state index contributed by atoms with van der Waals surface area (Å²) < 4.78 is 12.0. The average molecular weight is 376 g/mol. The van der Waals surface area contributed by atoms with Crippen LogP contribution >= 0.6 is 0 Å². The molecule has 0 unspecified atom stereocenters. The maximum atomic E-state index is 12.6. The molecule has 1 atom stereocenters. The van der Waals surface area contributed by atoms with Gasteiger partial charge in [-0.25, -0.2) is 4.79 Å². The standard InChI is InChI=1S/C19H25N3O5/c1-4-5-8-22-18(24)15(17(23)21-19(22)25)16-12-10-14(27-3)13(26-2)9-11(12)6-7-20-16/h9-10,16,20,24H,4-8H2,1-3H3,(H,21,23,25)/p+1/t16-/m1/s1. The van der Waals surface area contributed by atoms with E-state index in [0.29, 0.717) is 18.0 Å². The van der Waals surface area contributed by atoms with E-state index in [9.17, 15) is 14.7 Å². The number of ether oxygens (including phenoxy) is 2. The Hall–Kier alpha value is -2.74. The third-order valence-electron chi connectivity index (χ3n) is 5.05. The number of nitrogens with zero attached hydrogens (tertiary/aromatic N) is 1. The van der Waals surface area contributed by atoms with Gasteiger partial charge in [0.05, 0.1) is 20.8 Å².